The molecule has 0 aliphatic carbocycles. The van der Waals surface area contributed by atoms with Crippen molar-refractivity contribution in [2.45, 2.75) is 52.4 Å². The van der Waals surface area contributed by atoms with Crippen molar-refractivity contribution in [3.8, 4) is 0 Å². The van der Waals surface area contributed by atoms with Gasteiger partial charge in [0.05, 0.1) is 5.52 Å². The van der Waals surface area contributed by atoms with E-state index in [2.05, 4.69) is 51.8 Å². The highest BCUT2D eigenvalue weighted by molar-refractivity contribution is 6.05. The molecule has 0 aliphatic rings. The van der Waals surface area contributed by atoms with E-state index in [1.54, 1.807) is 6.07 Å². The number of benzene rings is 2. The number of amides is 1. The molecule has 1 heterocycles. The highest BCUT2D eigenvalue weighted by atomic mass is 16.1. The van der Waals surface area contributed by atoms with Gasteiger partial charge in [0.2, 0.25) is 5.56 Å². The Morgan fingerprint density at radius 3 is 2.07 bits per heavy atom. The van der Waals surface area contributed by atoms with Gasteiger partial charge in [-0.25, -0.2) is 0 Å². The minimum atomic E-state index is -0.172. The number of aromatic nitrogens is 1. The normalized spacial score (nSPS) is 12.2. The lowest BCUT2D eigenvalue weighted by molar-refractivity contribution is 0.102. The summed E-state index contributed by atoms with van der Waals surface area (Å²) in [6.07, 6.45) is 0. The molecule has 0 unspecified atom stereocenters. The molecule has 3 aromatic rings. The van der Waals surface area contributed by atoms with Crippen LogP contribution in [0, 0.1) is 0 Å². The third kappa shape index (κ3) is 4.16. The average molecular weight is 377 g/mol. The summed E-state index contributed by atoms with van der Waals surface area (Å²) in [6, 6.07) is 14.9. The largest absolute Gasteiger partial charge is 0.322 e. The molecule has 0 fully saturated rings. The number of nitrogens with one attached hydrogen (secondary N) is 2. The Labute approximate surface area is 166 Å². The van der Waals surface area contributed by atoms with Crippen molar-refractivity contribution in [2.75, 3.05) is 5.32 Å². The molecule has 2 aromatic carbocycles. The van der Waals surface area contributed by atoms with Gasteiger partial charge in [0.15, 0.2) is 0 Å². The van der Waals surface area contributed by atoms with Gasteiger partial charge in [-0.05, 0) is 46.2 Å². The van der Waals surface area contributed by atoms with Crippen LogP contribution < -0.4 is 10.9 Å². The SMILES string of the molecule is CC(C)(C)c1ccc(C(=O)Nc2ccc3c(C(C)(C)C)cc(=O)[nH]c3c2)cc1. The zero-order valence-electron chi connectivity index (χ0n) is 17.4. The maximum Gasteiger partial charge on any atom is 0.255 e. The Morgan fingerprint density at radius 1 is 0.857 bits per heavy atom. The quantitative estimate of drug-likeness (QED) is 0.631. The second-order valence-electron chi connectivity index (χ2n) is 9.34. The number of aromatic amines is 1. The Hall–Kier alpha value is -2.88. The Kier molecular flexibility index (Phi) is 4.92. The summed E-state index contributed by atoms with van der Waals surface area (Å²) in [5.74, 6) is -0.172. The first kappa shape index (κ1) is 19.9. The van der Waals surface area contributed by atoms with E-state index in [-0.39, 0.29) is 22.3 Å². The predicted octanol–water partition coefficient (Wildman–Crippen LogP) is 5.38. The van der Waals surface area contributed by atoms with E-state index in [0.717, 1.165) is 16.5 Å². The first-order valence-corrected chi connectivity index (χ1v) is 9.54. The summed E-state index contributed by atoms with van der Waals surface area (Å²) in [7, 11) is 0. The maximum absolute atomic E-state index is 12.6. The molecular formula is C24H28N2O2. The van der Waals surface area contributed by atoms with E-state index < -0.39 is 0 Å². The third-order valence-electron chi connectivity index (χ3n) is 4.92. The van der Waals surface area contributed by atoms with Crippen LogP contribution in [0.15, 0.2) is 53.3 Å². The van der Waals surface area contributed by atoms with Crippen molar-refractivity contribution >= 4 is 22.5 Å². The molecule has 4 heteroatoms. The Balaban J connectivity index is 1.90. The topological polar surface area (TPSA) is 62.0 Å². The smallest absolute Gasteiger partial charge is 0.255 e. The van der Waals surface area contributed by atoms with Gasteiger partial charge in [-0.1, -0.05) is 59.7 Å². The first-order valence-electron chi connectivity index (χ1n) is 9.54. The highest BCUT2D eigenvalue weighted by Crippen LogP contribution is 2.29. The van der Waals surface area contributed by atoms with Gasteiger partial charge >= 0.3 is 0 Å². The molecule has 0 atom stereocenters. The first-order chi connectivity index (χ1) is 12.9. The van der Waals surface area contributed by atoms with E-state index in [1.807, 2.05) is 42.5 Å². The number of rotatable bonds is 2. The number of hydrogen-bond acceptors (Lipinski definition) is 2. The zero-order valence-corrected chi connectivity index (χ0v) is 17.4. The number of carbonyl (C=O) groups excluding carboxylic acids is 1. The van der Waals surface area contributed by atoms with Crippen LogP contribution in [-0.2, 0) is 10.8 Å². The van der Waals surface area contributed by atoms with Crippen molar-refractivity contribution in [3.63, 3.8) is 0 Å². The summed E-state index contributed by atoms with van der Waals surface area (Å²) >= 11 is 0. The molecule has 28 heavy (non-hydrogen) atoms. The molecule has 0 radical (unpaired) electrons. The van der Waals surface area contributed by atoms with E-state index >= 15 is 0 Å². The van der Waals surface area contributed by atoms with Crippen LogP contribution in [0.25, 0.3) is 10.9 Å². The van der Waals surface area contributed by atoms with Crippen molar-refractivity contribution in [2.24, 2.45) is 0 Å². The summed E-state index contributed by atoms with van der Waals surface area (Å²) in [6.45, 7) is 12.7. The van der Waals surface area contributed by atoms with Crippen LogP contribution in [0.3, 0.4) is 0 Å². The maximum atomic E-state index is 12.6. The van der Waals surface area contributed by atoms with Gasteiger partial charge in [0.1, 0.15) is 0 Å². The minimum Gasteiger partial charge on any atom is -0.322 e. The molecule has 1 aromatic heterocycles. The van der Waals surface area contributed by atoms with Gasteiger partial charge < -0.3 is 10.3 Å². The standard InChI is InChI=1S/C24H28N2O2/c1-23(2,3)16-9-7-15(8-10-16)22(28)25-17-11-12-18-19(24(4,5)6)14-21(27)26-20(18)13-17/h7-14H,1-6H3,(H,25,28)(H,26,27). The van der Waals surface area contributed by atoms with Crippen LogP contribution in [0.4, 0.5) is 5.69 Å². The van der Waals surface area contributed by atoms with Gasteiger partial charge in [-0.2, -0.15) is 0 Å². The lowest BCUT2D eigenvalue weighted by atomic mass is 9.85. The van der Waals surface area contributed by atoms with Crippen LogP contribution in [0.1, 0.15) is 63.0 Å². The fraction of sp³-hybridized carbons (Fsp3) is 0.333. The second kappa shape index (κ2) is 6.93. The molecule has 0 bridgehead atoms. The average Bonchev–Trinajstić information content (AvgIpc) is 2.59. The Bertz CT molecular complexity index is 1080. The summed E-state index contributed by atoms with van der Waals surface area (Å²) in [5.41, 5.74) is 3.90. The predicted molar refractivity (Wildman–Crippen MR) is 116 cm³/mol. The fourth-order valence-corrected chi connectivity index (χ4v) is 3.28. The van der Waals surface area contributed by atoms with Crippen molar-refractivity contribution in [3.05, 3.63) is 75.6 Å². The summed E-state index contributed by atoms with van der Waals surface area (Å²) in [5, 5.41) is 3.91. The lowest BCUT2D eigenvalue weighted by Crippen LogP contribution is -2.17. The lowest BCUT2D eigenvalue weighted by Gasteiger charge is -2.21. The van der Waals surface area contributed by atoms with E-state index in [1.165, 1.54) is 5.56 Å². The fourth-order valence-electron chi connectivity index (χ4n) is 3.28. The monoisotopic (exact) mass is 376 g/mol. The van der Waals surface area contributed by atoms with Crippen LogP contribution >= 0.6 is 0 Å². The minimum absolute atomic E-state index is 0.0456. The third-order valence-corrected chi connectivity index (χ3v) is 4.92. The van der Waals surface area contributed by atoms with Crippen molar-refractivity contribution in [1.82, 2.24) is 4.98 Å². The molecule has 3 rings (SSSR count). The molecule has 2 N–H and O–H groups in total. The molecule has 0 spiro atoms. The molecule has 4 nitrogen and oxygen atoms in total. The highest BCUT2D eigenvalue weighted by Gasteiger charge is 2.18. The van der Waals surface area contributed by atoms with E-state index in [9.17, 15) is 9.59 Å². The number of pyridine rings is 1. The number of anilines is 1. The van der Waals surface area contributed by atoms with Gasteiger partial charge in [-0.3, -0.25) is 9.59 Å². The van der Waals surface area contributed by atoms with Crippen LogP contribution in [-0.4, -0.2) is 10.9 Å². The van der Waals surface area contributed by atoms with Crippen LogP contribution in [0.5, 0.6) is 0 Å². The van der Waals surface area contributed by atoms with Gasteiger partial charge in [0.25, 0.3) is 5.91 Å². The molecule has 1 amide bonds. The second-order valence-corrected chi connectivity index (χ2v) is 9.34. The molecular weight excluding hydrogens is 348 g/mol. The molecule has 0 saturated heterocycles. The Morgan fingerprint density at radius 2 is 1.50 bits per heavy atom. The van der Waals surface area contributed by atoms with Crippen molar-refractivity contribution < 1.29 is 4.79 Å². The van der Waals surface area contributed by atoms with Crippen LogP contribution in [0.2, 0.25) is 0 Å². The molecule has 0 saturated carbocycles. The zero-order chi connectivity index (χ0) is 20.7. The van der Waals surface area contributed by atoms with Crippen molar-refractivity contribution in [1.29, 1.82) is 0 Å². The van der Waals surface area contributed by atoms with E-state index in [4.69, 9.17) is 0 Å². The molecule has 0 aliphatic heterocycles. The van der Waals surface area contributed by atoms with E-state index in [0.29, 0.717) is 11.3 Å². The number of H-pyrrole nitrogens is 1. The number of hydrogen-bond donors (Lipinski definition) is 2. The summed E-state index contributed by atoms with van der Waals surface area (Å²) in [4.78, 5) is 27.6. The number of fused-ring (bicyclic) bond motifs is 1. The number of carbonyl (C=O) groups is 1. The van der Waals surface area contributed by atoms with Gasteiger partial charge in [-0.15, -0.1) is 0 Å². The summed E-state index contributed by atoms with van der Waals surface area (Å²) < 4.78 is 0. The molecule has 146 valence electrons. The van der Waals surface area contributed by atoms with Gasteiger partial charge in [0, 0.05) is 22.7 Å².